The molecule has 2 aromatic rings. The van der Waals surface area contributed by atoms with Gasteiger partial charge in [0.25, 0.3) is 0 Å². The molecule has 0 aromatic heterocycles. The van der Waals surface area contributed by atoms with Gasteiger partial charge in [-0.15, -0.1) is 0 Å². The van der Waals surface area contributed by atoms with Crippen molar-refractivity contribution in [2.24, 2.45) is 0 Å². The molecule has 0 atom stereocenters. The van der Waals surface area contributed by atoms with Gasteiger partial charge in [0.15, 0.2) is 0 Å². The van der Waals surface area contributed by atoms with Gasteiger partial charge in [-0.1, -0.05) is 18.2 Å². The number of nitrogens with two attached hydrogens (primary N) is 1. The van der Waals surface area contributed by atoms with Crippen LogP contribution in [0.5, 0.6) is 11.5 Å². The third kappa shape index (κ3) is 4.13. The molecule has 0 aliphatic carbocycles. The minimum atomic E-state index is 0.671. The van der Waals surface area contributed by atoms with Crippen LogP contribution in [0.3, 0.4) is 0 Å². The highest BCUT2D eigenvalue weighted by Crippen LogP contribution is 2.23. The average molecular weight is 286 g/mol. The van der Waals surface area contributed by atoms with E-state index in [4.69, 9.17) is 15.2 Å². The van der Waals surface area contributed by atoms with Crippen LogP contribution in [0.2, 0.25) is 0 Å². The maximum atomic E-state index is 5.94. The van der Waals surface area contributed by atoms with Crippen molar-refractivity contribution in [1.29, 1.82) is 0 Å². The van der Waals surface area contributed by atoms with Gasteiger partial charge in [-0.25, -0.2) is 0 Å². The predicted octanol–water partition coefficient (Wildman–Crippen LogP) is 2.92. The third-order valence-corrected chi connectivity index (χ3v) is 3.33. The van der Waals surface area contributed by atoms with Crippen molar-refractivity contribution < 1.29 is 9.47 Å². The van der Waals surface area contributed by atoms with E-state index < -0.39 is 0 Å². The van der Waals surface area contributed by atoms with E-state index in [0.717, 1.165) is 18.8 Å². The lowest BCUT2D eigenvalue weighted by Crippen LogP contribution is -2.17. The van der Waals surface area contributed by atoms with Crippen molar-refractivity contribution >= 4 is 5.69 Å². The van der Waals surface area contributed by atoms with Gasteiger partial charge in [-0.3, -0.25) is 4.90 Å². The molecule has 0 amide bonds. The Bertz CT molecular complexity index is 599. The van der Waals surface area contributed by atoms with E-state index in [2.05, 4.69) is 24.1 Å². The summed E-state index contributed by atoms with van der Waals surface area (Å²) < 4.78 is 10.4. The molecule has 4 heteroatoms. The standard InChI is InChI=1S/C17H22N2O2/c1-19(11-13-5-4-6-15(9-13)20-2)12-14-7-8-17(21-3)16(18)10-14/h4-10H,11-12,18H2,1-3H3. The van der Waals surface area contributed by atoms with Crippen molar-refractivity contribution in [2.75, 3.05) is 27.0 Å². The van der Waals surface area contributed by atoms with Gasteiger partial charge in [0.1, 0.15) is 11.5 Å². The topological polar surface area (TPSA) is 47.7 Å². The monoisotopic (exact) mass is 286 g/mol. The Labute approximate surface area is 126 Å². The third-order valence-electron chi connectivity index (χ3n) is 3.33. The van der Waals surface area contributed by atoms with E-state index in [1.807, 2.05) is 30.3 Å². The number of anilines is 1. The number of nitrogen functional groups attached to an aromatic ring is 1. The largest absolute Gasteiger partial charge is 0.497 e. The van der Waals surface area contributed by atoms with Crippen LogP contribution in [0.25, 0.3) is 0 Å². The smallest absolute Gasteiger partial charge is 0.141 e. The quantitative estimate of drug-likeness (QED) is 0.829. The normalized spacial score (nSPS) is 10.7. The number of hydrogen-bond donors (Lipinski definition) is 1. The summed E-state index contributed by atoms with van der Waals surface area (Å²) >= 11 is 0. The number of methoxy groups -OCH3 is 2. The first kappa shape index (κ1) is 15.2. The Hall–Kier alpha value is -2.20. The first-order valence-corrected chi connectivity index (χ1v) is 6.86. The maximum Gasteiger partial charge on any atom is 0.141 e. The van der Waals surface area contributed by atoms with E-state index in [-0.39, 0.29) is 0 Å². The van der Waals surface area contributed by atoms with Gasteiger partial charge in [-0.05, 0) is 42.4 Å². The number of nitrogens with zero attached hydrogens (tertiary/aromatic N) is 1. The minimum absolute atomic E-state index is 0.671. The average Bonchev–Trinajstić information content (AvgIpc) is 2.47. The fourth-order valence-electron chi connectivity index (χ4n) is 2.33. The highest BCUT2D eigenvalue weighted by Gasteiger charge is 2.05. The number of ether oxygens (including phenoxy) is 2. The van der Waals surface area contributed by atoms with Crippen molar-refractivity contribution in [3.63, 3.8) is 0 Å². The van der Waals surface area contributed by atoms with E-state index >= 15 is 0 Å². The van der Waals surface area contributed by atoms with Crippen LogP contribution < -0.4 is 15.2 Å². The summed E-state index contributed by atoms with van der Waals surface area (Å²) in [5.74, 6) is 1.60. The number of hydrogen-bond acceptors (Lipinski definition) is 4. The molecular weight excluding hydrogens is 264 g/mol. The summed E-state index contributed by atoms with van der Waals surface area (Å²) in [6.45, 7) is 1.68. The molecule has 112 valence electrons. The molecule has 0 bridgehead atoms. The summed E-state index contributed by atoms with van der Waals surface area (Å²) in [4.78, 5) is 2.23. The van der Waals surface area contributed by atoms with Crippen LogP contribution in [0.1, 0.15) is 11.1 Å². The fourth-order valence-corrected chi connectivity index (χ4v) is 2.33. The van der Waals surface area contributed by atoms with Crippen LogP contribution in [0.15, 0.2) is 42.5 Å². The van der Waals surface area contributed by atoms with Gasteiger partial charge < -0.3 is 15.2 Å². The van der Waals surface area contributed by atoms with Crippen molar-refractivity contribution in [3.05, 3.63) is 53.6 Å². The summed E-state index contributed by atoms with van der Waals surface area (Å²) in [5.41, 5.74) is 9.00. The zero-order chi connectivity index (χ0) is 15.2. The first-order valence-electron chi connectivity index (χ1n) is 6.86. The van der Waals surface area contributed by atoms with E-state index in [9.17, 15) is 0 Å². The summed E-state index contributed by atoms with van der Waals surface area (Å²) in [5, 5.41) is 0. The number of benzene rings is 2. The fraction of sp³-hybridized carbons (Fsp3) is 0.294. The van der Waals surface area contributed by atoms with Crippen molar-refractivity contribution in [1.82, 2.24) is 4.90 Å². The molecule has 0 saturated carbocycles. The molecular formula is C17H22N2O2. The molecule has 0 unspecified atom stereocenters. The summed E-state index contributed by atoms with van der Waals surface area (Å²) in [6.07, 6.45) is 0. The summed E-state index contributed by atoms with van der Waals surface area (Å²) in [6, 6.07) is 14.0. The van der Waals surface area contributed by atoms with Crippen LogP contribution in [-0.2, 0) is 13.1 Å². The highest BCUT2D eigenvalue weighted by molar-refractivity contribution is 5.54. The molecule has 0 saturated heterocycles. The van der Waals surface area contributed by atoms with Crippen molar-refractivity contribution in [2.45, 2.75) is 13.1 Å². The molecule has 0 spiro atoms. The van der Waals surface area contributed by atoms with E-state index in [0.29, 0.717) is 11.4 Å². The molecule has 0 aliphatic rings. The molecule has 0 fully saturated rings. The molecule has 4 nitrogen and oxygen atoms in total. The molecule has 0 heterocycles. The Morgan fingerprint density at radius 2 is 1.67 bits per heavy atom. The lowest BCUT2D eigenvalue weighted by atomic mass is 10.1. The van der Waals surface area contributed by atoms with Gasteiger partial charge in [0.05, 0.1) is 19.9 Å². The van der Waals surface area contributed by atoms with Gasteiger partial charge >= 0.3 is 0 Å². The molecule has 21 heavy (non-hydrogen) atoms. The van der Waals surface area contributed by atoms with Crippen LogP contribution in [-0.4, -0.2) is 26.2 Å². The van der Waals surface area contributed by atoms with Crippen LogP contribution in [0, 0.1) is 0 Å². The lowest BCUT2D eigenvalue weighted by molar-refractivity contribution is 0.318. The summed E-state index contributed by atoms with van der Waals surface area (Å²) in [7, 11) is 5.39. The Kier molecular flexibility index (Phi) is 5.06. The zero-order valence-electron chi connectivity index (χ0n) is 12.8. The molecule has 2 rings (SSSR count). The Balaban J connectivity index is 2.00. The predicted molar refractivity (Wildman–Crippen MR) is 85.6 cm³/mol. The van der Waals surface area contributed by atoms with Crippen LogP contribution >= 0.6 is 0 Å². The second-order valence-corrected chi connectivity index (χ2v) is 5.10. The maximum absolute atomic E-state index is 5.94. The Morgan fingerprint density at radius 3 is 2.29 bits per heavy atom. The van der Waals surface area contributed by atoms with Gasteiger partial charge in [-0.2, -0.15) is 0 Å². The SMILES string of the molecule is COc1cccc(CN(C)Cc2ccc(OC)c(N)c2)c1. The molecule has 0 aliphatic heterocycles. The highest BCUT2D eigenvalue weighted by atomic mass is 16.5. The van der Waals surface area contributed by atoms with Gasteiger partial charge in [0, 0.05) is 13.1 Å². The molecule has 0 radical (unpaired) electrons. The van der Waals surface area contributed by atoms with Gasteiger partial charge in [0.2, 0.25) is 0 Å². The van der Waals surface area contributed by atoms with Crippen molar-refractivity contribution in [3.8, 4) is 11.5 Å². The second kappa shape index (κ2) is 6.99. The van der Waals surface area contributed by atoms with Crippen LogP contribution in [0.4, 0.5) is 5.69 Å². The minimum Gasteiger partial charge on any atom is -0.497 e. The number of rotatable bonds is 6. The molecule has 2 N–H and O–H groups in total. The van der Waals surface area contributed by atoms with E-state index in [1.165, 1.54) is 11.1 Å². The second-order valence-electron chi connectivity index (χ2n) is 5.10. The first-order chi connectivity index (χ1) is 10.1. The Morgan fingerprint density at radius 1 is 0.952 bits per heavy atom. The zero-order valence-corrected chi connectivity index (χ0v) is 12.8. The van der Waals surface area contributed by atoms with E-state index in [1.54, 1.807) is 14.2 Å². The lowest BCUT2D eigenvalue weighted by Gasteiger charge is -2.18. The molecule has 2 aromatic carbocycles.